The van der Waals surface area contributed by atoms with E-state index in [1.54, 1.807) is 7.11 Å². The smallest absolute Gasteiger partial charge is 0.161 e. The van der Waals surface area contributed by atoms with Crippen LogP contribution in [0.25, 0.3) is 0 Å². The van der Waals surface area contributed by atoms with Crippen LogP contribution in [0.15, 0.2) is 42.5 Å². The van der Waals surface area contributed by atoms with Crippen molar-refractivity contribution in [1.82, 2.24) is 10.2 Å². The number of methoxy groups -OCH3 is 1. The van der Waals surface area contributed by atoms with Crippen LogP contribution in [-0.4, -0.2) is 69.2 Å². The number of rotatable bonds is 11. The van der Waals surface area contributed by atoms with E-state index in [-0.39, 0.29) is 6.61 Å². The Kier molecular flexibility index (Phi) is 9.24. The zero-order valence-electron chi connectivity index (χ0n) is 17.5. The van der Waals surface area contributed by atoms with E-state index in [4.69, 9.17) is 25.8 Å². The lowest BCUT2D eigenvalue weighted by Crippen LogP contribution is -2.42. The van der Waals surface area contributed by atoms with Crippen LogP contribution >= 0.6 is 11.6 Å². The Morgan fingerprint density at radius 2 is 1.83 bits per heavy atom. The normalized spacial score (nSPS) is 15.7. The summed E-state index contributed by atoms with van der Waals surface area (Å²) in [6.45, 7) is 5.56. The summed E-state index contributed by atoms with van der Waals surface area (Å²) in [5.41, 5.74) is 2.37. The molecule has 0 spiro atoms. The standard InChI is InChI=1S/C23H31ClN2O4/c1-28-23-14-19(15-25-9-8-18-2-5-20(24)6-3-18)4-7-22(23)30-17-21(27)16-26-10-12-29-13-11-26/h2-7,14,21,25,27H,8-13,15-17H2,1H3. The van der Waals surface area contributed by atoms with Gasteiger partial charge in [0.15, 0.2) is 11.5 Å². The zero-order chi connectivity index (χ0) is 21.2. The molecule has 0 bridgehead atoms. The van der Waals surface area contributed by atoms with Gasteiger partial charge in [0.1, 0.15) is 12.7 Å². The van der Waals surface area contributed by atoms with Gasteiger partial charge in [-0.05, 0) is 48.4 Å². The second-order valence-electron chi connectivity index (χ2n) is 7.42. The highest BCUT2D eigenvalue weighted by Gasteiger charge is 2.16. The third-order valence-electron chi connectivity index (χ3n) is 5.06. The molecule has 6 nitrogen and oxygen atoms in total. The van der Waals surface area contributed by atoms with Crippen LogP contribution in [0.5, 0.6) is 11.5 Å². The van der Waals surface area contributed by atoms with Crippen molar-refractivity contribution in [3.8, 4) is 11.5 Å². The van der Waals surface area contributed by atoms with Gasteiger partial charge in [-0.25, -0.2) is 0 Å². The number of halogens is 1. The minimum absolute atomic E-state index is 0.229. The molecule has 2 aromatic carbocycles. The first-order valence-corrected chi connectivity index (χ1v) is 10.7. The first-order valence-electron chi connectivity index (χ1n) is 10.4. The maximum Gasteiger partial charge on any atom is 0.161 e. The monoisotopic (exact) mass is 434 g/mol. The Morgan fingerprint density at radius 3 is 2.57 bits per heavy atom. The van der Waals surface area contributed by atoms with Gasteiger partial charge in [-0.15, -0.1) is 0 Å². The van der Waals surface area contributed by atoms with Crippen LogP contribution in [0.2, 0.25) is 5.02 Å². The SMILES string of the molecule is COc1cc(CNCCc2ccc(Cl)cc2)ccc1OCC(O)CN1CCOCC1. The highest BCUT2D eigenvalue weighted by molar-refractivity contribution is 6.30. The summed E-state index contributed by atoms with van der Waals surface area (Å²) in [7, 11) is 1.63. The van der Waals surface area contributed by atoms with Crippen LogP contribution in [0.4, 0.5) is 0 Å². The van der Waals surface area contributed by atoms with Crippen LogP contribution in [-0.2, 0) is 17.7 Å². The van der Waals surface area contributed by atoms with Gasteiger partial charge in [0, 0.05) is 31.2 Å². The minimum atomic E-state index is -0.554. The van der Waals surface area contributed by atoms with Crippen LogP contribution < -0.4 is 14.8 Å². The third-order valence-corrected chi connectivity index (χ3v) is 5.32. The zero-order valence-corrected chi connectivity index (χ0v) is 18.2. The molecule has 1 saturated heterocycles. The first kappa shape index (κ1) is 22.8. The van der Waals surface area contributed by atoms with Gasteiger partial charge in [0.25, 0.3) is 0 Å². The molecule has 0 aliphatic carbocycles. The second kappa shape index (κ2) is 12.1. The molecule has 1 aliphatic rings. The highest BCUT2D eigenvalue weighted by atomic mass is 35.5. The largest absolute Gasteiger partial charge is 0.493 e. The predicted molar refractivity (Wildman–Crippen MR) is 119 cm³/mol. The van der Waals surface area contributed by atoms with Crippen molar-refractivity contribution in [2.75, 3.05) is 53.1 Å². The lowest BCUT2D eigenvalue weighted by molar-refractivity contribution is 0.00445. The molecule has 1 heterocycles. The van der Waals surface area contributed by atoms with Crippen molar-refractivity contribution in [3.63, 3.8) is 0 Å². The van der Waals surface area contributed by atoms with Crippen molar-refractivity contribution >= 4 is 11.6 Å². The Hall–Kier alpha value is -1.83. The fraction of sp³-hybridized carbons (Fsp3) is 0.478. The second-order valence-corrected chi connectivity index (χ2v) is 7.85. The van der Waals surface area contributed by atoms with Gasteiger partial charge in [0.2, 0.25) is 0 Å². The molecule has 0 saturated carbocycles. The van der Waals surface area contributed by atoms with Crippen molar-refractivity contribution < 1.29 is 19.3 Å². The van der Waals surface area contributed by atoms with Crippen molar-refractivity contribution in [2.45, 2.75) is 19.1 Å². The van der Waals surface area contributed by atoms with Gasteiger partial charge in [-0.1, -0.05) is 29.8 Å². The summed E-state index contributed by atoms with van der Waals surface area (Å²) in [5, 5.41) is 14.5. The fourth-order valence-electron chi connectivity index (χ4n) is 3.38. The summed E-state index contributed by atoms with van der Waals surface area (Å²) < 4.78 is 16.6. The Morgan fingerprint density at radius 1 is 1.10 bits per heavy atom. The van der Waals surface area contributed by atoms with E-state index in [1.165, 1.54) is 5.56 Å². The molecule has 7 heteroatoms. The predicted octanol–water partition coefficient (Wildman–Crippen LogP) is 2.75. The van der Waals surface area contributed by atoms with E-state index < -0.39 is 6.10 Å². The lowest BCUT2D eigenvalue weighted by atomic mass is 10.1. The number of hydrogen-bond acceptors (Lipinski definition) is 6. The molecule has 0 amide bonds. The average Bonchev–Trinajstić information content (AvgIpc) is 2.77. The number of aliphatic hydroxyl groups is 1. The van der Waals surface area contributed by atoms with Gasteiger partial charge < -0.3 is 24.6 Å². The van der Waals surface area contributed by atoms with Gasteiger partial charge in [-0.3, -0.25) is 4.90 Å². The lowest BCUT2D eigenvalue weighted by Gasteiger charge is -2.28. The van der Waals surface area contributed by atoms with E-state index in [0.29, 0.717) is 18.0 Å². The molecule has 0 aromatic heterocycles. The Balaban J connectivity index is 1.42. The number of hydrogen-bond donors (Lipinski definition) is 2. The average molecular weight is 435 g/mol. The molecule has 164 valence electrons. The van der Waals surface area contributed by atoms with Crippen LogP contribution in [0.1, 0.15) is 11.1 Å². The van der Waals surface area contributed by atoms with Gasteiger partial charge in [0.05, 0.1) is 20.3 Å². The molecule has 2 N–H and O–H groups in total. The van der Waals surface area contributed by atoms with E-state index in [0.717, 1.165) is 56.4 Å². The number of benzene rings is 2. The van der Waals surface area contributed by atoms with Gasteiger partial charge in [-0.2, -0.15) is 0 Å². The van der Waals surface area contributed by atoms with Crippen molar-refractivity contribution in [2.24, 2.45) is 0 Å². The maximum absolute atomic E-state index is 10.3. The van der Waals surface area contributed by atoms with E-state index in [9.17, 15) is 5.11 Å². The number of ether oxygens (including phenoxy) is 3. The first-order chi connectivity index (χ1) is 14.6. The van der Waals surface area contributed by atoms with E-state index in [2.05, 4.69) is 10.2 Å². The molecule has 1 unspecified atom stereocenters. The number of morpholine rings is 1. The molecule has 30 heavy (non-hydrogen) atoms. The molecular formula is C23H31ClN2O4. The quantitative estimate of drug-likeness (QED) is 0.530. The Labute approximate surface area is 183 Å². The Bertz CT molecular complexity index is 766. The fourth-order valence-corrected chi connectivity index (χ4v) is 3.50. The number of β-amino-alcohol motifs (C(OH)–C–C–N with tert-alkyl or cyclic N) is 1. The molecule has 1 atom stereocenters. The molecular weight excluding hydrogens is 404 g/mol. The minimum Gasteiger partial charge on any atom is -0.493 e. The summed E-state index contributed by atoms with van der Waals surface area (Å²) in [5.74, 6) is 1.31. The topological polar surface area (TPSA) is 63.2 Å². The van der Waals surface area contributed by atoms with Crippen molar-refractivity contribution in [3.05, 3.63) is 58.6 Å². The molecule has 3 rings (SSSR count). The van der Waals surface area contributed by atoms with Gasteiger partial charge >= 0.3 is 0 Å². The highest BCUT2D eigenvalue weighted by Crippen LogP contribution is 2.28. The summed E-state index contributed by atoms with van der Waals surface area (Å²) in [6.07, 6.45) is 0.387. The van der Waals surface area contributed by atoms with E-state index in [1.807, 2.05) is 42.5 Å². The number of nitrogens with zero attached hydrogens (tertiary/aromatic N) is 1. The summed E-state index contributed by atoms with van der Waals surface area (Å²) in [4.78, 5) is 2.19. The molecule has 1 fully saturated rings. The van der Waals surface area contributed by atoms with Crippen LogP contribution in [0, 0.1) is 0 Å². The summed E-state index contributed by atoms with van der Waals surface area (Å²) in [6, 6.07) is 13.8. The summed E-state index contributed by atoms with van der Waals surface area (Å²) >= 11 is 5.92. The molecule has 1 aliphatic heterocycles. The molecule has 0 radical (unpaired) electrons. The maximum atomic E-state index is 10.3. The van der Waals surface area contributed by atoms with Crippen LogP contribution in [0.3, 0.4) is 0 Å². The molecule has 2 aromatic rings. The number of nitrogens with one attached hydrogen (secondary N) is 1. The number of aliphatic hydroxyl groups excluding tert-OH is 1. The van der Waals surface area contributed by atoms with Crippen molar-refractivity contribution in [1.29, 1.82) is 0 Å². The third kappa shape index (κ3) is 7.45. The van der Waals surface area contributed by atoms with E-state index >= 15 is 0 Å².